The molecular formula is C13H24N4O2. The lowest BCUT2D eigenvalue weighted by atomic mass is 10.2. The number of piperazine rings is 1. The Morgan fingerprint density at radius 1 is 1.16 bits per heavy atom. The van der Waals surface area contributed by atoms with Crippen LogP contribution in [0, 0.1) is 0 Å². The van der Waals surface area contributed by atoms with Gasteiger partial charge >= 0.3 is 6.09 Å². The number of nitrogens with zero attached hydrogens (tertiary/aromatic N) is 3. The summed E-state index contributed by atoms with van der Waals surface area (Å²) in [6.07, 6.45) is 2.06. The van der Waals surface area contributed by atoms with Gasteiger partial charge in [-0.2, -0.15) is 0 Å². The second-order valence-corrected chi connectivity index (χ2v) is 6.17. The molecule has 2 fully saturated rings. The van der Waals surface area contributed by atoms with E-state index >= 15 is 0 Å². The van der Waals surface area contributed by atoms with Crippen molar-refractivity contribution < 1.29 is 9.53 Å². The van der Waals surface area contributed by atoms with E-state index in [-0.39, 0.29) is 6.09 Å². The van der Waals surface area contributed by atoms with Crippen molar-refractivity contribution >= 4 is 12.1 Å². The molecule has 1 amide bonds. The SMILES string of the molecule is CC(C)(C)OC(=O)N1CCN(C(N)=NC2CC2)CC1. The second-order valence-electron chi connectivity index (χ2n) is 6.17. The first-order valence-corrected chi connectivity index (χ1v) is 6.91. The molecule has 1 saturated heterocycles. The van der Waals surface area contributed by atoms with E-state index in [4.69, 9.17) is 10.5 Å². The summed E-state index contributed by atoms with van der Waals surface area (Å²) >= 11 is 0. The van der Waals surface area contributed by atoms with Crippen LogP contribution in [0.15, 0.2) is 4.99 Å². The van der Waals surface area contributed by atoms with Crippen molar-refractivity contribution in [1.82, 2.24) is 9.80 Å². The van der Waals surface area contributed by atoms with Gasteiger partial charge in [-0.05, 0) is 33.6 Å². The number of aliphatic imine (C=N–C) groups is 1. The minimum Gasteiger partial charge on any atom is -0.444 e. The highest BCUT2D eigenvalue weighted by Crippen LogP contribution is 2.23. The summed E-state index contributed by atoms with van der Waals surface area (Å²) in [4.78, 5) is 20.1. The Morgan fingerprint density at radius 3 is 2.16 bits per heavy atom. The molecule has 1 heterocycles. The standard InChI is InChI=1S/C13H24N4O2/c1-13(2,3)19-12(18)17-8-6-16(7-9-17)11(14)15-10-4-5-10/h10H,4-9H2,1-3H3,(H2,14,15). The maximum Gasteiger partial charge on any atom is 0.410 e. The molecule has 0 aromatic heterocycles. The summed E-state index contributed by atoms with van der Waals surface area (Å²) < 4.78 is 5.35. The minimum atomic E-state index is -0.444. The Balaban J connectivity index is 1.80. The summed E-state index contributed by atoms with van der Waals surface area (Å²) in [6.45, 7) is 8.35. The van der Waals surface area contributed by atoms with Crippen LogP contribution < -0.4 is 5.73 Å². The highest BCUT2D eigenvalue weighted by Gasteiger charge is 2.27. The Hall–Kier alpha value is -1.46. The van der Waals surface area contributed by atoms with Crippen LogP contribution in [0.1, 0.15) is 33.6 Å². The van der Waals surface area contributed by atoms with Gasteiger partial charge in [-0.25, -0.2) is 9.79 Å². The van der Waals surface area contributed by atoms with Crippen molar-refractivity contribution in [3.05, 3.63) is 0 Å². The quantitative estimate of drug-likeness (QED) is 0.569. The van der Waals surface area contributed by atoms with Gasteiger partial charge in [0, 0.05) is 26.2 Å². The molecule has 0 radical (unpaired) electrons. The van der Waals surface area contributed by atoms with Crippen LogP contribution in [0.2, 0.25) is 0 Å². The molecular weight excluding hydrogens is 244 g/mol. The molecule has 2 N–H and O–H groups in total. The monoisotopic (exact) mass is 268 g/mol. The molecule has 19 heavy (non-hydrogen) atoms. The molecule has 1 saturated carbocycles. The topological polar surface area (TPSA) is 71.2 Å². The zero-order chi connectivity index (χ0) is 14.0. The Labute approximate surface area is 114 Å². The van der Waals surface area contributed by atoms with Gasteiger partial charge < -0.3 is 20.3 Å². The molecule has 1 aliphatic heterocycles. The first-order chi connectivity index (χ1) is 8.85. The van der Waals surface area contributed by atoms with E-state index in [0.29, 0.717) is 25.1 Å². The predicted molar refractivity (Wildman–Crippen MR) is 74.0 cm³/mol. The van der Waals surface area contributed by atoms with Crippen LogP contribution >= 0.6 is 0 Å². The Kier molecular flexibility index (Phi) is 3.87. The van der Waals surface area contributed by atoms with Gasteiger partial charge in [0.1, 0.15) is 5.60 Å². The lowest BCUT2D eigenvalue weighted by Gasteiger charge is -2.36. The smallest absolute Gasteiger partial charge is 0.410 e. The molecule has 1 aliphatic carbocycles. The predicted octanol–water partition coefficient (Wildman–Crippen LogP) is 1.02. The van der Waals surface area contributed by atoms with E-state index in [2.05, 4.69) is 4.99 Å². The van der Waals surface area contributed by atoms with Crippen molar-refractivity contribution in [2.24, 2.45) is 10.7 Å². The molecule has 0 spiro atoms. The van der Waals surface area contributed by atoms with Gasteiger partial charge in [0.05, 0.1) is 6.04 Å². The fourth-order valence-corrected chi connectivity index (χ4v) is 1.92. The molecule has 108 valence electrons. The van der Waals surface area contributed by atoms with Crippen molar-refractivity contribution in [3.8, 4) is 0 Å². The van der Waals surface area contributed by atoms with Gasteiger partial charge in [0.25, 0.3) is 0 Å². The number of amides is 1. The molecule has 6 nitrogen and oxygen atoms in total. The number of hydrogen-bond acceptors (Lipinski definition) is 3. The number of hydrogen-bond donors (Lipinski definition) is 1. The Morgan fingerprint density at radius 2 is 1.68 bits per heavy atom. The first kappa shape index (κ1) is 14.0. The van der Waals surface area contributed by atoms with Crippen LogP contribution in [0.4, 0.5) is 4.79 Å². The molecule has 0 atom stereocenters. The van der Waals surface area contributed by atoms with Gasteiger partial charge in [-0.3, -0.25) is 0 Å². The summed E-state index contributed by atoms with van der Waals surface area (Å²) in [6, 6.07) is 0.434. The largest absolute Gasteiger partial charge is 0.444 e. The molecule has 0 unspecified atom stereocenters. The van der Waals surface area contributed by atoms with E-state index < -0.39 is 5.60 Å². The highest BCUT2D eigenvalue weighted by atomic mass is 16.6. The third-order valence-corrected chi connectivity index (χ3v) is 3.12. The van der Waals surface area contributed by atoms with Crippen molar-refractivity contribution in [2.45, 2.75) is 45.3 Å². The fourth-order valence-electron chi connectivity index (χ4n) is 1.92. The average Bonchev–Trinajstić information content (AvgIpc) is 3.11. The first-order valence-electron chi connectivity index (χ1n) is 6.91. The van der Waals surface area contributed by atoms with E-state index in [1.165, 1.54) is 0 Å². The number of carbonyl (C=O) groups excluding carboxylic acids is 1. The average molecular weight is 268 g/mol. The molecule has 0 bridgehead atoms. The van der Waals surface area contributed by atoms with Crippen LogP contribution in [-0.4, -0.2) is 59.7 Å². The van der Waals surface area contributed by atoms with Gasteiger partial charge in [0.2, 0.25) is 0 Å². The molecule has 2 rings (SSSR count). The van der Waals surface area contributed by atoms with Gasteiger partial charge in [0.15, 0.2) is 5.96 Å². The molecule has 2 aliphatic rings. The number of rotatable bonds is 1. The van der Waals surface area contributed by atoms with Crippen LogP contribution in [-0.2, 0) is 4.74 Å². The van der Waals surface area contributed by atoms with Crippen LogP contribution in [0.5, 0.6) is 0 Å². The third-order valence-electron chi connectivity index (χ3n) is 3.12. The zero-order valence-electron chi connectivity index (χ0n) is 12.1. The van der Waals surface area contributed by atoms with Crippen LogP contribution in [0.25, 0.3) is 0 Å². The van der Waals surface area contributed by atoms with Crippen molar-refractivity contribution in [1.29, 1.82) is 0 Å². The van der Waals surface area contributed by atoms with E-state index in [1.54, 1.807) is 4.90 Å². The van der Waals surface area contributed by atoms with Gasteiger partial charge in [-0.15, -0.1) is 0 Å². The maximum atomic E-state index is 11.9. The summed E-state index contributed by atoms with van der Waals surface area (Å²) in [5.41, 5.74) is 5.51. The summed E-state index contributed by atoms with van der Waals surface area (Å²) in [7, 11) is 0. The Bertz CT molecular complexity index is 363. The second kappa shape index (κ2) is 5.27. The highest BCUT2D eigenvalue weighted by molar-refractivity contribution is 5.79. The number of guanidine groups is 1. The number of carbonyl (C=O) groups is 1. The zero-order valence-corrected chi connectivity index (χ0v) is 12.1. The lowest BCUT2D eigenvalue weighted by molar-refractivity contribution is 0.0186. The van der Waals surface area contributed by atoms with E-state index in [0.717, 1.165) is 25.9 Å². The van der Waals surface area contributed by atoms with Crippen molar-refractivity contribution in [3.63, 3.8) is 0 Å². The van der Waals surface area contributed by atoms with Crippen LogP contribution in [0.3, 0.4) is 0 Å². The third kappa shape index (κ3) is 4.29. The van der Waals surface area contributed by atoms with E-state index in [9.17, 15) is 4.79 Å². The molecule has 0 aromatic rings. The fraction of sp³-hybridized carbons (Fsp3) is 0.846. The normalized spacial score (nSPS) is 21.5. The maximum absolute atomic E-state index is 11.9. The molecule has 0 aromatic carbocycles. The summed E-state index contributed by atoms with van der Waals surface area (Å²) in [5.74, 6) is 0.617. The number of nitrogens with two attached hydrogens (primary N) is 1. The summed E-state index contributed by atoms with van der Waals surface area (Å²) in [5, 5.41) is 0. The lowest BCUT2D eigenvalue weighted by Crippen LogP contribution is -2.53. The van der Waals surface area contributed by atoms with Gasteiger partial charge in [-0.1, -0.05) is 0 Å². The van der Waals surface area contributed by atoms with Crippen molar-refractivity contribution in [2.75, 3.05) is 26.2 Å². The minimum absolute atomic E-state index is 0.246. The number of ether oxygens (including phenoxy) is 1. The van der Waals surface area contributed by atoms with E-state index in [1.807, 2.05) is 25.7 Å². The molecule has 6 heteroatoms.